The minimum Gasteiger partial charge on any atom is -0.368 e. The summed E-state index contributed by atoms with van der Waals surface area (Å²) >= 11 is 0. The molecule has 54 valence electrons. The van der Waals surface area contributed by atoms with Crippen molar-refractivity contribution in [3.63, 3.8) is 0 Å². The summed E-state index contributed by atoms with van der Waals surface area (Å²) in [5, 5.41) is 9.11. The molecule has 2 atom stereocenters. The van der Waals surface area contributed by atoms with E-state index >= 15 is 0 Å². The van der Waals surface area contributed by atoms with Crippen molar-refractivity contribution in [2.45, 2.75) is 39.1 Å². The summed E-state index contributed by atoms with van der Waals surface area (Å²) < 4.78 is 5.22. The zero-order chi connectivity index (χ0) is 7.07. The monoisotopic (exact) mass is 130 g/mol. The van der Waals surface area contributed by atoms with Gasteiger partial charge < -0.3 is 9.84 Å². The lowest BCUT2D eigenvalue weighted by Crippen LogP contribution is -2.19. The highest BCUT2D eigenvalue weighted by Gasteiger charge is 2.36. The summed E-state index contributed by atoms with van der Waals surface area (Å²) in [6, 6.07) is 0. The average molecular weight is 130 g/mol. The van der Waals surface area contributed by atoms with E-state index in [9.17, 15) is 0 Å². The van der Waals surface area contributed by atoms with E-state index in [1.54, 1.807) is 0 Å². The highest BCUT2D eigenvalue weighted by molar-refractivity contribution is 4.80. The van der Waals surface area contributed by atoms with Gasteiger partial charge in [0.1, 0.15) is 0 Å². The first-order valence-corrected chi connectivity index (χ1v) is 3.37. The number of ether oxygens (including phenoxy) is 1. The predicted octanol–water partition coefficient (Wildman–Crippen LogP) is 1.14. The third-order valence-corrected chi connectivity index (χ3v) is 1.74. The van der Waals surface area contributed by atoms with Crippen LogP contribution in [0.3, 0.4) is 0 Å². The van der Waals surface area contributed by atoms with Crippen molar-refractivity contribution < 1.29 is 9.84 Å². The smallest absolute Gasteiger partial charge is 0.157 e. The van der Waals surface area contributed by atoms with Crippen LogP contribution >= 0.6 is 0 Å². The molecule has 0 aliphatic carbocycles. The third-order valence-electron chi connectivity index (χ3n) is 1.74. The van der Waals surface area contributed by atoms with Crippen LogP contribution in [-0.2, 0) is 4.74 Å². The maximum Gasteiger partial charge on any atom is 0.157 e. The van der Waals surface area contributed by atoms with E-state index in [1.807, 2.05) is 20.8 Å². The highest BCUT2D eigenvalue weighted by atomic mass is 16.6. The van der Waals surface area contributed by atoms with Gasteiger partial charge >= 0.3 is 0 Å². The van der Waals surface area contributed by atoms with Gasteiger partial charge in [0, 0.05) is 5.92 Å². The molecule has 1 aliphatic rings. The largest absolute Gasteiger partial charge is 0.368 e. The van der Waals surface area contributed by atoms with Crippen LogP contribution in [-0.4, -0.2) is 17.0 Å². The number of aliphatic hydroxyl groups excluding tert-OH is 1. The minimum absolute atomic E-state index is 0.112. The molecular weight excluding hydrogens is 116 g/mol. The first-order chi connectivity index (χ1) is 4.01. The number of aliphatic hydroxyl groups is 1. The summed E-state index contributed by atoms with van der Waals surface area (Å²) in [6.07, 6.45) is 0.411. The van der Waals surface area contributed by atoms with Crippen molar-refractivity contribution >= 4 is 0 Å². The lowest BCUT2D eigenvalue weighted by atomic mass is 9.99. The Morgan fingerprint density at radius 3 is 2.22 bits per heavy atom. The normalized spacial score (nSPS) is 41.3. The standard InChI is InChI=1S/C7H14O2/c1-5-4-7(2,3)9-6(5)8/h5-6,8H,4H2,1-3H3. The summed E-state index contributed by atoms with van der Waals surface area (Å²) in [6.45, 7) is 6.00. The maximum absolute atomic E-state index is 9.11. The van der Waals surface area contributed by atoms with E-state index in [0.717, 1.165) is 6.42 Å². The Kier molecular flexibility index (Phi) is 1.53. The predicted molar refractivity (Wildman–Crippen MR) is 35.0 cm³/mol. The van der Waals surface area contributed by atoms with Gasteiger partial charge in [-0.3, -0.25) is 0 Å². The van der Waals surface area contributed by atoms with E-state index in [0.29, 0.717) is 5.92 Å². The second-order valence-electron chi connectivity index (χ2n) is 3.45. The highest BCUT2D eigenvalue weighted by Crippen LogP contribution is 2.32. The summed E-state index contributed by atoms with van der Waals surface area (Å²) in [7, 11) is 0. The van der Waals surface area contributed by atoms with E-state index in [-0.39, 0.29) is 5.60 Å². The Balaban J connectivity index is 2.54. The van der Waals surface area contributed by atoms with Crippen LogP contribution in [0.5, 0.6) is 0 Å². The fourth-order valence-electron chi connectivity index (χ4n) is 1.37. The molecule has 0 aromatic carbocycles. The number of hydrogen-bond acceptors (Lipinski definition) is 2. The lowest BCUT2D eigenvalue weighted by Gasteiger charge is -2.15. The molecule has 1 heterocycles. The van der Waals surface area contributed by atoms with Gasteiger partial charge in [0.2, 0.25) is 0 Å². The summed E-state index contributed by atoms with van der Waals surface area (Å²) in [4.78, 5) is 0. The Hall–Kier alpha value is -0.0800. The average Bonchev–Trinajstić information content (AvgIpc) is 1.79. The van der Waals surface area contributed by atoms with E-state index < -0.39 is 6.29 Å². The van der Waals surface area contributed by atoms with Crippen LogP contribution in [0.15, 0.2) is 0 Å². The molecule has 0 amide bonds. The first kappa shape index (κ1) is 7.03. The SMILES string of the molecule is CC1CC(C)(C)OC1O. The molecule has 9 heavy (non-hydrogen) atoms. The van der Waals surface area contributed by atoms with Crippen molar-refractivity contribution in [1.82, 2.24) is 0 Å². The molecule has 0 spiro atoms. The molecule has 2 heteroatoms. The zero-order valence-corrected chi connectivity index (χ0v) is 6.22. The van der Waals surface area contributed by atoms with Gasteiger partial charge in [0.15, 0.2) is 6.29 Å². The van der Waals surface area contributed by atoms with Gasteiger partial charge in [-0.05, 0) is 20.3 Å². The van der Waals surface area contributed by atoms with Gasteiger partial charge in [0.05, 0.1) is 5.60 Å². The number of hydrogen-bond donors (Lipinski definition) is 1. The van der Waals surface area contributed by atoms with E-state index in [2.05, 4.69) is 0 Å². The first-order valence-electron chi connectivity index (χ1n) is 3.37. The van der Waals surface area contributed by atoms with Crippen molar-refractivity contribution in [2.24, 2.45) is 5.92 Å². The molecule has 2 nitrogen and oxygen atoms in total. The molecule has 1 aliphatic heterocycles. The van der Waals surface area contributed by atoms with Crippen molar-refractivity contribution in [3.05, 3.63) is 0 Å². The van der Waals surface area contributed by atoms with Crippen LogP contribution in [0.25, 0.3) is 0 Å². The summed E-state index contributed by atoms with van der Waals surface area (Å²) in [5.41, 5.74) is -0.112. The van der Waals surface area contributed by atoms with E-state index in [4.69, 9.17) is 9.84 Å². The zero-order valence-electron chi connectivity index (χ0n) is 6.22. The molecule has 1 fully saturated rings. The molecule has 0 aromatic rings. The second-order valence-corrected chi connectivity index (χ2v) is 3.45. The summed E-state index contributed by atoms with van der Waals surface area (Å²) in [5.74, 6) is 0.292. The fraction of sp³-hybridized carbons (Fsp3) is 1.00. The fourth-order valence-corrected chi connectivity index (χ4v) is 1.37. The van der Waals surface area contributed by atoms with Crippen LogP contribution in [0.2, 0.25) is 0 Å². The Morgan fingerprint density at radius 2 is 2.11 bits per heavy atom. The topological polar surface area (TPSA) is 29.5 Å². The van der Waals surface area contributed by atoms with Crippen molar-refractivity contribution in [1.29, 1.82) is 0 Å². The lowest BCUT2D eigenvalue weighted by molar-refractivity contribution is -0.133. The molecule has 1 rings (SSSR count). The Bertz CT molecular complexity index is 97.5. The van der Waals surface area contributed by atoms with E-state index in [1.165, 1.54) is 0 Å². The Morgan fingerprint density at radius 1 is 1.56 bits per heavy atom. The third kappa shape index (κ3) is 1.43. The minimum atomic E-state index is -0.542. The van der Waals surface area contributed by atoms with Gasteiger partial charge in [0.25, 0.3) is 0 Å². The molecule has 0 bridgehead atoms. The van der Waals surface area contributed by atoms with Crippen LogP contribution in [0.4, 0.5) is 0 Å². The molecule has 2 unspecified atom stereocenters. The van der Waals surface area contributed by atoms with Crippen LogP contribution in [0, 0.1) is 5.92 Å². The second kappa shape index (κ2) is 1.96. The quantitative estimate of drug-likeness (QED) is 0.533. The maximum atomic E-state index is 9.11. The van der Waals surface area contributed by atoms with Gasteiger partial charge in [-0.1, -0.05) is 6.92 Å². The Labute approximate surface area is 55.8 Å². The molecule has 0 saturated carbocycles. The van der Waals surface area contributed by atoms with Gasteiger partial charge in [-0.25, -0.2) is 0 Å². The van der Waals surface area contributed by atoms with Gasteiger partial charge in [-0.2, -0.15) is 0 Å². The molecule has 0 radical (unpaired) electrons. The molecule has 0 aromatic heterocycles. The van der Waals surface area contributed by atoms with Crippen LogP contribution in [0.1, 0.15) is 27.2 Å². The van der Waals surface area contributed by atoms with Gasteiger partial charge in [-0.15, -0.1) is 0 Å². The molecule has 1 N–H and O–H groups in total. The molecule has 1 saturated heterocycles. The molecular formula is C7H14O2. The number of rotatable bonds is 0. The van der Waals surface area contributed by atoms with Crippen molar-refractivity contribution in [3.8, 4) is 0 Å². The van der Waals surface area contributed by atoms with Crippen molar-refractivity contribution in [2.75, 3.05) is 0 Å². The van der Waals surface area contributed by atoms with Crippen LogP contribution < -0.4 is 0 Å².